The fourth-order valence-electron chi connectivity index (χ4n) is 1.47. The van der Waals surface area contributed by atoms with Gasteiger partial charge in [0.25, 0.3) is 0 Å². The zero-order valence-electron chi connectivity index (χ0n) is 11.0. The van der Waals surface area contributed by atoms with Crippen molar-refractivity contribution in [1.82, 2.24) is 10.1 Å². The van der Waals surface area contributed by atoms with Crippen LogP contribution in [-0.4, -0.2) is 23.8 Å². The van der Waals surface area contributed by atoms with Gasteiger partial charge in [0, 0.05) is 13.5 Å². The van der Waals surface area contributed by atoms with Crippen molar-refractivity contribution in [2.24, 2.45) is 5.73 Å². The molecule has 0 saturated heterocycles. The van der Waals surface area contributed by atoms with Crippen LogP contribution in [0.25, 0.3) is 0 Å². The van der Waals surface area contributed by atoms with Crippen molar-refractivity contribution in [2.75, 3.05) is 13.7 Å². The van der Waals surface area contributed by atoms with E-state index in [0.29, 0.717) is 11.7 Å². The third-order valence-electron chi connectivity index (χ3n) is 2.86. The summed E-state index contributed by atoms with van der Waals surface area (Å²) in [6, 6.07) is 0. The van der Waals surface area contributed by atoms with Crippen molar-refractivity contribution in [3.63, 3.8) is 0 Å². The summed E-state index contributed by atoms with van der Waals surface area (Å²) in [6.45, 7) is 4.61. The Morgan fingerprint density at radius 1 is 1.24 bits per heavy atom. The summed E-state index contributed by atoms with van der Waals surface area (Å²) >= 11 is 0. The van der Waals surface area contributed by atoms with Gasteiger partial charge in [-0.25, -0.2) is 0 Å². The first-order chi connectivity index (χ1) is 8.10. The van der Waals surface area contributed by atoms with Crippen LogP contribution in [0.1, 0.15) is 51.2 Å². The van der Waals surface area contributed by atoms with Crippen LogP contribution in [0.2, 0.25) is 0 Å². The van der Waals surface area contributed by atoms with Crippen LogP contribution < -0.4 is 5.73 Å². The Balaban J connectivity index is 2.36. The smallest absolute Gasteiger partial charge is 0.226 e. The number of methoxy groups -OCH3 is 1. The topological polar surface area (TPSA) is 74.2 Å². The van der Waals surface area contributed by atoms with E-state index in [1.807, 2.05) is 13.8 Å². The van der Waals surface area contributed by atoms with Crippen LogP contribution in [0.5, 0.6) is 0 Å². The number of nitrogens with two attached hydrogens (primary N) is 1. The van der Waals surface area contributed by atoms with Crippen molar-refractivity contribution < 1.29 is 9.26 Å². The van der Waals surface area contributed by atoms with E-state index in [1.165, 1.54) is 6.42 Å². The van der Waals surface area contributed by atoms with E-state index < -0.39 is 5.60 Å². The van der Waals surface area contributed by atoms with E-state index in [9.17, 15) is 0 Å². The summed E-state index contributed by atoms with van der Waals surface area (Å²) < 4.78 is 10.5. The number of nitrogens with zero attached hydrogens (tertiary/aromatic N) is 2. The maximum atomic E-state index is 5.43. The van der Waals surface area contributed by atoms with E-state index in [2.05, 4.69) is 10.1 Å². The van der Waals surface area contributed by atoms with Gasteiger partial charge in [-0.15, -0.1) is 0 Å². The minimum Gasteiger partial charge on any atom is -0.371 e. The van der Waals surface area contributed by atoms with E-state index in [-0.39, 0.29) is 0 Å². The Bertz CT molecular complexity index is 323. The number of aryl methyl sites for hydroxylation is 1. The molecule has 17 heavy (non-hydrogen) atoms. The first-order valence-electron chi connectivity index (χ1n) is 6.18. The Morgan fingerprint density at radius 3 is 2.59 bits per heavy atom. The number of unbranched alkanes of at least 4 members (excludes halogenated alkanes) is 3. The molecule has 0 atom stereocenters. The van der Waals surface area contributed by atoms with Crippen molar-refractivity contribution in [2.45, 2.75) is 51.6 Å². The molecule has 0 aliphatic carbocycles. The lowest BCUT2D eigenvalue weighted by atomic mass is 10.1. The maximum absolute atomic E-state index is 5.43. The van der Waals surface area contributed by atoms with Gasteiger partial charge < -0.3 is 15.0 Å². The highest BCUT2D eigenvalue weighted by atomic mass is 16.5. The zero-order chi connectivity index (χ0) is 12.7. The molecule has 0 saturated carbocycles. The van der Waals surface area contributed by atoms with Crippen molar-refractivity contribution >= 4 is 0 Å². The molecule has 98 valence electrons. The number of ether oxygens (including phenoxy) is 1. The lowest BCUT2D eigenvalue weighted by Gasteiger charge is -2.17. The average molecular weight is 241 g/mol. The molecule has 0 spiro atoms. The quantitative estimate of drug-likeness (QED) is 0.705. The van der Waals surface area contributed by atoms with Crippen molar-refractivity contribution in [1.29, 1.82) is 0 Å². The second-order valence-electron chi connectivity index (χ2n) is 4.68. The lowest BCUT2D eigenvalue weighted by molar-refractivity contribution is 0.00973. The largest absolute Gasteiger partial charge is 0.371 e. The SMILES string of the molecule is COC(C)(C)c1noc(CCCCCCN)n1. The maximum Gasteiger partial charge on any atom is 0.226 e. The van der Waals surface area contributed by atoms with Gasteiger partial charge in [0.05, 0.1) is 0 Å². The number of hydrogen-bond donors (Lipinski definition) is 1. The second kappa shape index (κ2) is 6.71. The fraction of sp³-hybridized carbons (Fsp3) is 0.833. The Hall–Kier alpha value is -0.940. The van der Waals surface area contributed by atoms with E-state index >= 15 is 0 Å². The molecule has 0 aromatic carbocycles. The molecule has 0 aliphatic rings. The van der Waals surface area contributed by atoms with E-state index in [1.54, 1.807) is 7.11 Å². The summed E-state index contributed by atoms with van der Waals surface area (Å²) in [4.78, 5) is 4.34. The molecule has 2 N–H and O–H groups in total. The number of aromatic nitrogens is 2. The summed E-state index contributed by atoms with van der Waals surface area (Å²) in [5, 5.41) is 3.94. The number of rotatable bonds is 8. The van der Waals surface area contributed by atoms with Gasteiger partial charge in [0.15, 0.2) is 0 Å². The van der Waals surface area contributed by atoms with Crippen LogP contribution in [0, 0.1) is 0 Å². The molecule has 0 radical (unpaired) electrons. The molecular formula is C12H23N3O2. The van der Waals surface area contributed by atoms with Crippen LogP contribution in [-0.2, 0) is 16.8 Å². The first-order valence-corrected chi connectivity index (χ1v) is 6.18. The molecule has 0 bridgehead atoms. The molecule has 0 amide bonds. The van der Waals surface area contributed by atoms with Gasteiger partial charge in [0.2, 0.25) is 11.7 Å². The third-order valence-corrected chi connectivity index (χ3v) is 2.86. The number of hydrogen-bond acceptors (Lipinski definition) is 5. The Morgan fingerprint density at radius 2 is 1.94 bits per heavy atom. The summed E-state index contributed by atoms with van der Waals surface area (Å²) in [5.41, 5.74) is 4.95. The lowest BCUT2D eigenvalue weighted by Crippen LogP contribution is -2.21. The molecular weight excluding hydrogens is 218 g/mol. The minimum atomic E-state index is -0.485. The summed E-state index contributed by atoms with van der Waals surface area (Å²) in [6.07, 6.45) is 5.31. The van der Waals surface area contributed by atoms with Gasteiger partial charge in [-0.1, -0.05) is 18.0 Å². The highest BCUT2D eigenvalue weighted by Crippen LogP contribution is 2.20. The van der Waals surface area contributed by atoms with Gasteiger partial charge in [-0.3, -0.25) is 0 Å². The summed E-state index contributed by atoms with van der Waals surface area (Å²) in [5.74, 6) is 1.30. The van der Waals surface area contributed by atoms with Crippen LogP contribution >= 0.6 is 0 Å². The van der Waals surface area contributed by atoms with Crippen LogP contribution in [0.4, 0.5) is 0 Å². The predicted octanol–water partition coefficient (Wildman–Crippen LogP) is 2.01. The van der Waals surface area contributed by atoms with E-state index in [0.717, 1.165) is 32.2 Å². The molecule has 0 aliphatic heterocycles. The molecule has 1 rings (SSSR count). The second-order valence-corrected chi connectivity index (χ2v) is 4.68. The standard InChI is InChI=1S/C12H23N3O2/c1-12(2,16-3)11-14-10(17-15-11)8-6-4-5-7-9-13/h4-9,13H2,1-3H3. The summed E-state index contributed by atoms with van der Waals surface area (Å²) in [7, 11) is 1.64. The molecule has 0 unspecified atom stereocenters. The molecule has 5 heteroatoms. The zero-order valence-corrected chi connectivity index (χ0v) is 11.0. The molecule has 0 fully saturated rings. The van der Waals surface area contributed by atoms with E-state index in [4.69, 9.17) is 15.0 Å². The van der Waals surface area contributed by atoms with Gasteiger partial charge in [-0.05, 0) is 33.2 Å². The fourth-order valence-corrected chi connectivity index (χ4v) is 1.47. The Labute approximate surface area is 103 Å². The Kier molecular flexibility index (Phi) is 5.58. The average Bonchev–Trinajstić information content (AvgIpc) is 2.78. The molecule has 1 aromatic heterocycles. The molecule has 5 nitrogen and oxygen atoms in total. The highest BCUT2D eigenvalue weighted by molar-refractivity contribution is 4.97. The van der Waals surface area contributed by atoms with Crippen molar-refractivity contribution in [3.05, 3.63) is 11.7 Å². The molecule has 1 heterocycles. The van der Waals surface area contributed by atoms with Crippen LogP contribution in [0.15, 0.2) is 4.52 Å². The monoisotopic (exact) mass is 241 g/mol. The van der Waals surface area contributed by atoms with Gasteiger partial charge >= 0.3 is 0 Å². The normalized spacial score (nSPS) is 12.0. The van der Waals surface area contributed by atoms with Crippen LogP contribution in [0.3, 0.4) is 0 Å². The van der Waals surface area contributed by atoms with Crippen molar-refractivity contribution in [3.8, 4) is 0 Å². The van der Waals surface area contributed by atoms with Gasteiger partial charge in [-0.2, -0.15) is 4.98 Å². The van der Waals surface area contributed by atoms with Gasteiger partial charge in [0.1, 0.15) is 5.60 Å². The third kappa shape index (κ3) is 4.44. The molecule has 1 aromatic rings. The first kappa shape index (κ1) is 14.1. The predicted molar refractivity (Wildman–Crippen MR) is 65.6 cm³/mol. The minimum absolute atomic E-state index is 0.485. The highest BCUT2D eigenvalue weighted by Gasteiger charge is 2.25.